The van der Waals surface area contributed by atoms with Gasteiger partial charge in [0.05, 0.1) is 6.61 Å². The minimum atomic E-state index is -4.86. The van der Waals surface area contributed by atoms with Gasteiger partial charge in [-0.25, -0.2) is 9.78 Å². The molecule has 0 aliphatic heterocycles. The molecule has 0 aliphatic rings. The SMILES string of the molecule is CCOC(=O)c1oc(-c2ccc(Cl)o2)nc1C(F)(F)F. The maximum atomic E-state index is 12.8. The summed E-state index contributed by atoms with van der Waals surface area (Å²) in [6, 6.07) is 2.57. The molecule has 0 saturated heterocycles. The van der Waals surface area contributed by atoms with E-state index in [2.05, 4.69) is 9.72 Å². The molecule has 0 unspecified atom stereocenters. The number of hydrogen-bond acceptors (Lipinski definition) is 5. The number of esters is 1. The van der Waals surface area contributed by atoms with Crippen LogP contribution in [0.2, 0.25) is 5.22 Å². The summed E-state index contributed by atoms with van der Waals surface area (Å²) in [6.45, 7) is 1.35. The molecule has 5 nitrogen and oxygen atoms in total. The van der Waals surface area contributed by atoms with Gasteiger partial charge < -0.3 is 13.6 Å². The van der Waals surface area contributed by atoms with Crippen LogP contribution in [-0.2, 0) is 10.9 Å². The van der Waals surface area contributed by atoms with Crippen LogP contribution >= 0.6 is 11.6 Å². The van der Waals surface area contributed by atoms with Crippen LogP contribution in [0.4, 0.5) is 13.2 Å². The Balaban J connectivity index is 2.50. The molecular formula is C11H7ClF3NO4. The van der Waals surface area contributed by atoms with Crippen molar-refractivity contribution in [2.24, 2.45) is 0 Å². The fourth-order valence-electron chi connectivity index (χ4n) is 1.38. The summed E-state index contributed by atoms with van der Waals surface area (Å²) in [5, 5.41) is -0.0514. The third kappa shape index (κ3) is 2.79. The summed E-state index contributed by atoms with van der Waals surface area (Å²) in [4.78, 5) is 14.7. The van der Waals surface area contributed by atoms with Crippen LogP contribution in [0.3, 0.4) is 0 Å². The molecule has 0 atom stereocenters. The van der Waals surface area contributed by atoms with E-state index >= 15 is 0 Å². The molecule has 2 aromatic heterocycles. The van der Waals surface area contributed by atoms with E-state index in [1.807, 2.05) is 0 Å². The summed E-state index contributed by atoms with van der Waals surface area (Å²) in [5.41, 5.74) is -1.47. The molecule has 9 heteroatoms. The summed E-state index contributed by atoms with van der Waals surface area (Å²) >= 11 is 5.51. The fraction of sp³-hybridized carbons (Fsp3) is 0.273. The lowest BCUT2D eigenvalue weighted by Crippen LogP contribution is -2.14. The third-order valence-electron chi connectivity index (χ3n) is 2.14. The fourth-order valence-corrected chi connectivity index (χ4v) is 1.53. The van der Waals surface area contributed by atoms with Gasteiger partial charge in [-0.1, -0.05) is 0 Å². The first-order valence-corrected chi connectivity index (χ1v) is 5.71. The van der Waals surface area contributed by atoms with Crippen LogP contribution in [0.25, 0.3) is 11.7 Å². The summed E-state index contributed by atoms with van der Waals surface area (Å²) in [6.07, 6.45) is -4.86. The number of rotatable bonds is 3. The lowest BCUT2D eigenvalue weighted by Gasteiger charge is -2.03. The summed E-state index contributed by atoms with van der Waals surface area (Å²) in [7, 11) is 0. The molecule has 0 radical (unpaired) electrons. The van der Waals surface area contributed by atoms with Crippen LogP contribution in [0.15, 0.2) is 21.0 Å². The van der Waals surface area contributed by atoms with Gasteiger partial charge in [-0.05, 0) is 30.7 Å². The number of furan rings is 1. The Morgan fingerprint density at radius 3 is 2.60 bits per heavy atom. The Hall–Kier alpha value is -1.96. The number of oxazole rings is 1. The van der Waals surface area contributed by atoms with Crippen molar-refractivity contribution in [3.63, 3.8) is 0 Å². The molecule has 108 valence electrons. The number of ether oxygens (including phenoxy) is 1. The Bertz CT molecular complexity index is 632. The van der Waals surface area contributed by atoms with Crippen LogP contribution in [0.5, 0.6) is 0 Å². The maximum absolute atomic E-state index is 12.8. The van der Waals surface area contributed by atoms with Crippen molar-refractivity contribution in [2.45, 2.75) is 13.1 Å². The predicted octanol–water partition coefficient (Wildman–Crippen LogP) is 3.78. The number of halogens is 4. The van der Waals surface area contributed by atoms with Gasteiger partial charge in [0, 0.05) is 0 Å². The molecule has 2 rings (SSSR count). The molecular weight excluding hydrogens is 303 g/mol. The zero-order valence-corrected chi connectivity index (χ0v) is 10.7. The highest BCUT2D eigenvalue weighted by Gasteiger charge is 2.42. The van der Waals surface area contributed by atoms with Crippen molar-refractivity contribution >= 4 is 17.6 Å². The highest BCUT2D eigenvalue weighted by atomic mass is 35.5. The van der Waals surface area contributed by atoms with Crippen LogP contribution in [0.1, 0.15) is 23.2 Å². The number of carbonyl (C=O) groups is 1. The first-order valence-electron chi connectivity index (χ1n) is 5.33. The van der Waals surface area contributed by atoms with Gasteiger partial charge in [0.1, 0.15) is 0 Å². The minimum Gasteiger partial charge on any atom is -0.460 e. The normalized spacial score (nSPS) is 11.7. The van der Waals surface area contributed by atoms with Crippen molar-refractivity contribution in [3.05, 3.63) is 28.8 Å². The monoisotopic (exact) mass is 309 g/mol. The first-order chi connectivity index (χ1) is 9.32. The van der Waals surface area contributed by atoms with Crippen molar-refractivity contribution in [1.29, 1.82) is 0 Å². The van der Waals surface area contributed by atoms with Crippen LogP contribution in [0, 0.1) is 0 Å². The summed E-state index contributed by atoms with van der Waals surface area (Å²) < 4.78 is 52.6. The van der Waals surface area contributed by atoms with Gasteiger partial charge in [0.15, 0.2) is 16.7 Å². The highest BCUT2D eigenvalue weighted by molar-refractivity contribution is 6.28. The molecule has 0 aliphatic carbocycles. The molecule has 0 amide bonds. The van der Waals surface area contributed by atoms with Crippen molar-refractivity contribution in [2.75, 3.05) is 6.61 Å². The van der Waals surface area contributed by atoms with Gasteiger partial charge >= 0.3 is 12.1 Å². The van der Waals surface area contributed by atoms with Crippen LogP contribution < -0.4 is 0 Å². The molecule has 2 heterocycles. The van der Waals surface area contributed by atoms with Crippen molar-refractivity contribution < 1.29 is 31.5 Å². The molecule has 0 fully saturated rings. The van der Waals surface area contributed by atoms with E-state index < -0.39 is 29.5 Å². The number of alkyl halides is 3. The second-order valence-electron chi connectivity index (χ2n) is 3.52. The second-order valence-corrected chi connectivity index (χ2v) is 3.89. The molecule has 0 saturated carbocycles. The van der Waals surface area contributed by atoms with E-state index in [1.54, 1.807) is 0 Å². The first kappa shape index (κ1) is 14.4. The van der Waals surface area contributed by atoms with Gasteiger partial charge in [-0.2, -0.15) is 13.2 Å². The average molecular weight is 310 g/mol. The molecule has 20 heavy (non-hydrogen) atoms. The van der Waals surface area contributed by atoms with E-state index in [9.17, 15) is 18.0 Å². The number of nitrogens with zero attached hydrogens (tertiary/aromatic N) is 1. The summed E-state index contributed by atoms with van der Waals surface area (Å²) in [5.74, 6) is -2.92. The second kappa shape index (κ2) is 5.20. The topological polar surface area (TPSA) is 65.5 Å². The quantitative estimate of drug-likeness (QED) is 0.807. The van der Waals surface area contributed by atoms with E-state index in [0.717, 1.165) is 0 Å². The van der Waals surface area contributed by atoms with Gasteiger partial charge in [0.2, 0.25) is 5.76 Å². The zero-order valence-electron chi connectivity index (χ0n) is 9.95. The highest BCUT2D eigenvalue weighted by Crippen LogP contribution is 2.35. The smallest absolute Gasteiger partial charge is 0.437 e. The Morgan fingerprint density at radius 2 is 2.10 bits per heavy atom. The zero-order chi connectivity index (χ0) is 14.9. The number of hydrogen-bond donors (Lipinski definition) is 0. The van der Waals surface area contributed by atoms with Crippen LogP contribution in [-0.4, -0.2) is 17.6 Å². The van der Waals surface area contributed by atoms with E-state index in [-0.39, 0.29) is 17.6 Å². The maximum Gasteiger partial charge on any atom is 0.437 e. The average Bonchev–Trinajstić information content (AvgIpc) is 2.94. The van der Waals surface area contributed by atoms with Crippen molar-refractivity contribution in [3.8, 4) is 11.7 Å². The molecule has 0 aromatic carbocycles. The van der Waals surface area contributed by atoms with Gasteiger partial charge in [0.25, 0.3) is 5.89 Å². The lowest BCUT2D eigenvalue weighted by atomic mass is 10.3. The number of carbonyl (C=O) groups excluding carboxylic acids is 1. The standard InChI is InChI=1S/C11H7ClF3NO4/c1-2-18-10(17)7-8(11(13,14)15)16-9(20-7)5-3-4-6(12)19-5/h3-4H,2H2,1H3. The van der Waals surface area contributed by atoms with Gasteiger partial charge in [-0.15, -0.1) is 0 Å². The minimum absolute atomic E-state index is 0.0514. The third-order valence-corrected chi connectivity index (χ3v) is 2.34. The number of aromatic nitrogens is 1. The largest absolute Gasteiger partial charge is 0.460 e. The lowest BCUT2D eigenvalue weighted by molar-refractivity contribution is -0.141. The van der Waals surface area contributed by atoms with Gasteiger partial charge in [-0.3, -0.25) is 0 Å². The molecule has 2 aromatic rings. The van der Waals surface area contributed by atoms with E-state index in [1.165, 1.54) is 19.1 Å². The van der Waals surface area contributed by atoms with E-state index in [4.69, 9.17) is 20.4 Å². The molecule has 0 bridgehead atoms. The predicted molar refractivity (Wildman–Crippen MR) is 60.2 cm³/mol. The van der Waals surface area contributed by atoms with E-state index in [0.29, 0.717) is 0 Å². The van der Waals surface area contributed by atoms with Crippen molar-refractivity contribution in [1.82, 2.24) is 4.98 Å². The molecule has 0 spiro atoms. The Labute approximate surface area is 115 Å². The Kier molecular flexibility index (Phi) is 3.76. The molecule has 0 N–H and O–H groups in total. The Morgan fingerprint density at radius 1 is 1.40 bits per heavy atom.